The van der Waals surface area contributed by atoms with Crippen molar-refractivity contribution in [3.8, 4) is 22.9 Å². The smallest absolute Gasteiger partial charge is 0.241 e. The van der Waals surface area contributed by atoms with E-state index in [0.717, 1.165) is 18.7 Å². The maximum Gasteiger partial charge on any atom is 0.241 e. The van der Waals surface area contributed by atoms with Crippen LogP contribution < -0.4 is 10.1 Å². The van der Waals surface area contributed by atoms with E-state index in [1.54, 1.807) is 24.3 Å². The van der Waals surface area contributed by atoms with Crippen LogP contribution in [0.3, 0.4) is 0 Å². The maximum absolute atomic E-state index is 13.1. The van der Waals surface area contributed by atoms with Crippen LogP contribution >= 0.6 is 23.2 Å². The average Bonchev–Trinajstić information content (AvgIpc) is 3.35. The second-order valence-electron chi connectivity index (χ2n) is 8.59. The number of para-hydroxylation sites is 1. The van der Waals surface area contributed by atoms with Crippen molar-refractivity contribution >= 4 is 34.8 Å². The molecule has 1 aliphatic rings. The van der Waals surface area contributed by atoms with E-state index in [0.29, 0.717) is 58.3 Å². The van der Waals surface area contributed by atoms with Crippen molar-refractivity contribution in [2.75, 3.05) is 18.4 Å². The number of rotatable bonds is 7. The molecule has 1 saturated heterocycles. The monoisotopic (exact) mass is 522 g/mol. The van der Waals surface area contributed by atoms with E-state index in [9.17, 15) is 4.79 Å². The molecule has 1 amide bonds. The molecule has 0 spiro atoms. The molecule has 5 rings (SSSR count). The number of anilines is 1. The molecule has 4 aromatic rings. The van der Waals surface area contributed by atoms with E-state index in [2.05, 4.69) is 20.4 Å². The van der Waals surface area contributed by atoms with Crippen LogP contribution in [0.1, 0.15) is 18.7 Å². The van der Waals surface area contributed by atoms with Crippen LogP contribution in [-0.4, -0.2) is 34.0 Å². The van der Waals surface area contributed by atoms with E-state index in [1.807, 2.05) is 48.5 Å². The summed E-state index contributed by atoms with van der Waals surface area (Å²) in [6.45, 7) is 2.00. The lowest BCUT2D eigenvalue weighted by atomic mass is 9.96. The Hall–Kier alpha value is -3.39. The zero-order chi connectivity index (χ0) is 24.9. The number of piperidine rings is 1. The van der Waals surface area contributed by atoms with Crippen molar-refractivity contribution < 1.29 is 14.1 Å². The van der Waals surface area contributed by atoms with Crippen LogP contribution in [0.5, 0.6) is 11.5 Å². The number of halogens is 2. The number of hydrogen-bond donors (Lipinski definition) is 1. The molecule has 1 N–H and O–H groups in total. The molecule has 1 fully saturated rings. The number of nitrogens with zero attached hydrogens (tertiary/aromatic N) is 3. The number of carbonyl (C=O) groups excluding carboxylic acids is 1. The number of hydrogen-bond acceptors (Lipinski definition) is 6. The molecule has 36 heavy (non-hydrogen) atoms. The van der Waals surface area contributed by atoms with Gasteiger partial charge in [0.25, 0.3) is 0 Å². The Balaban J connectivity index is 1.17. The van der Waals surface area contributed by atoms with Gasteiger partial charge in [0.15, 0.2) is 5.75 Å². The van der Waals surface area contributed by atoms with Crippen LogP contribution in [0.2, 0.25) is 10.0 Å². The predicted octanol–water partition coefficient (Wildman–Crippen LogP) is 6.69. The largest absolute Gasteiger partial charge is 0.455 e. The van der Waals surface area contributed by atoms with Crippen molar-refractivity contribution in [3.05, 3.63) is 88.7 Å². The molecule has 0 bridgehead atoms. The average molecular weight is 523 g/mol. The fraction of sp³-hybridized carbons (Fsp3) is 0.222. The fourth-order valence-corrected chi connectivity index (χ4v) is 4.55. The number of likely N-dealkylation sites (tertiary alicyclic amines) is 1. The molecule has 0 radical (unpaired) electrons. The van der Waals surface area contributed by atoms with Gasteiger partial charge >= 0.3 is 0 Å². The molecule has 0 unspecified atom stereocenters. The van der Waals surface area contributed by atoms with Gasteiger partial charge in [-0.3, -0.25) is 9.69 Å². The quantitative estimate of drug-likeness (QED) is 0.291. The second-order valence-corrected chi connectivity index (χ2v) is 9.43. The van der Waals surface area contributed by atoms with Crippen LogP contribution in [-0.2, 0) is 11.3 Å². The molecule has 1 aliphatic heterocycles. The first-order chi connectivity index (χ1) is 17.5. The number of carbonyl (C=O) groups is 1. The minimum absolute atomic E-state index is 0.0476. The Labute approximate surface area is 219 Å². The lowest BCUT2D eigenvalue weighted by Crippen LogP contribution is -2.37. The second kappa shape index (κ2) is 11.1. The highest BCUT2D eigenvalue weighted by molar-refractivity contribution is 6.33. The van der Waals surface area contributed by atoms with Gasteiger partial charge in [0.1, 0.15) is 5.75 Å². The van der Waals surface area contributed by atoms with Crippen LogP contribution in [0.4, 0.5) is 5.69 Å². The van der Waals surface area contributed by atoms with Gasteiger partial charge < -0.3 is 14.6 Å². The van der Waals surface area contributed by atoms with Gasteiger partial charge in [-0.05, 0) is 68.4 Å². The van der Waals surface area contributed by atoms with Gasteiger partial charge in [-0.2, -0.15) is 4.98 Å². The van der Waals surface area contributed by atoms with Gasteiger partial charge in [-0.1, -0.05) is 58.7 Å². The normalized spacial score (nSPS) is 14.5. The molecule has 0 atom stereocenters. The predicted molar refractivity (Wildman–Crippen MR) is 139 cm³/mol. The van der Waals surface area contributed by atoms with Crippen LogP contribution in [0.25, 0.3) is 11.4 Å². The zero-order valence-corrected chi connectivity index (χ0v) is 20.9. The van der Waals surface area contributed by atoms with Gasteiger partial charge in [0, 0.05) is 16.5 Å². The highest BCUT2D eigenvalue weighted by Gasteiger charge is 2.27. The van der Waals surface area contributed by atoms with E-state index in [1.165, 1.54) is 0 Å². The minimum atomic E-state index is -0.119. The summed E-state index contributed by atoms with van der Waals surface area (Å²) in [5.41, 5.74) is 1.29. The zero-order valence-electron chi connectivity index (χ0n) is 19.4. The third-order valence-corrected chi connectivity index (χ3v) is 6.64. The standard InChI is InChI=1S/C27H24Cl2N4O3/c28-19-10-11-24(35-20-6-2-1-3-7-20)23(16-19)30-27(34)18-12-14-33(15-13-18)17-25-31-26(32-36-25)21-8-4-5-9-22(21)29/h1-11,16,18H,12-15,17H2,(H,30,34). The van der Waals surface area contributed by atoms with Crippen LogP contribution in [0.15, 0.2) is 77.3 Å². The minimum Gasteiger partial charge on any atom is -0.455 e. The van der Waals surface area contributed by atoms with Crippen molar-refractivity contribution in [1.82, 2.24) is 15.0 Å². The summed E-state index contributed by atoms with van der Waals surface area (Å²) in [5, 5.41) is 8.18. The summed E-state index contributed by atoms with van der Waals surface area (Å²) in [6, 6.07) is 22.0. The van der Waals surface area contributed by atoms with Crippen molar-refractivity contribution in [1.29, 1.82) is 0 Å². The highest BCUT2D eigenvalue weighted by atomic mass is 35.5. The van der Waals surface area contributed by atoms with Gasteiger partial charge in [0.2, 0.25) is 17.6 Å². The number of benzene rings is 3. The van der Waals surface area contributed by atoms with Gasteiger partial charge in [-0.15, -0.1) is 0 Å². The lowest BCUT2D eigenvalue weighted by molar-refractivity contribution is -0.121. The Morgan fingerprint density at radius 1 is 1.03 bits per heavy atom. The van der Waals surface area contributed by atoms with Crippen LogP contribution in [0, 0.1) is 5.92 Å². The molecule has 184 valence electrons. The van der Waals surface area contributed by atoms with E-state index in [-0.39, 0.29) is 11.8 Å². The Bertz CT molecular complexity index is 1340. The Kier molecular flexibility index (Phi) is 7.51. The van der Waals surface area contributed by atoms with E-state index < -0.39 is 0 Å². The molecule has 9 heteroatoms. The number of nitrogens with one attached hydrogen (secondary N) is 1. The molecule has 0 aliphatic carbocycles. The third kappa shape index (κ3) is 5.87. The Morgan fingerprint density at radius 2 is 1.78 bits per heavy atom. The van der Waals surface area contributed by atoms with Crippen molar-refractivity contribution in [2.24, 2.45) is 5.92 Å². The van der Waals surface area contributed by atoms with Crippen molar-refractivity contribution in [3.63, 3.8) is 0 Å². The number of amides is 1. The molecule has 1 aromatic heterocycles. The van der Waals surface area contributed by atoms with Gasteiger partial charge in [-0.25, -0.2) is 0 Å². The Morgan fingerprint density at radius 3 is 2.56 bits per heavy atom. The molecule has 3 aromatic carbocycles. The molecule has 2 heterocycles. The van der Waals surface area contributed by atoms with Gasteiger partial charge in [0.05, 0.1) is 17.3 Å². The number of aromatic nitrogens is 2. The summed E-state index contributed by atoms with van der Waals surface area (Å²) in [7, 11) is 0. The fourth-order valence-electron chi connectivity index (χ4n) is 4.15. The maximum atomic E-state index is 13.1. The third-order valence-electron chi connectivity index (χ3n) is 6.07. The number of ether oxygens (including phenoxy) is 1. The summed E-state index contributed by atoms with van der Waals surface area (Å²) in [6.07, 6.45) is 1.43. The first kappa shape index (κ1) is 24.3. The molecular weight excluding hydrogens is 499 g/mol. The first-order valence-electron chi connectivity index (χ1n) is 11.7. The summed E-state index contributed by atoms with van der Waals surface area (Å²) in [5.74, 6) is 2.05. The summed E-state index contributed by atoms with van der Waals surface area (Å²) < 4.78 is 11.4. The molecule has 0 saturated carbocycles. The topological polar surface area (TPSA) is 80.5 Å². The molecule has 7 nitrogen and oxygen atoms in total. The lowest BCUT2D eigenvalue weighted by Gasteiger charge is -2.30. The van der Waals surface area contributed by atoms with E-state index >= 15 is 0 Å². The summed E-state index contributed by atoms with van der Waals surface area (Å²) in [4.78, 5) is 19.8. The first-order valence-corrected chi connectivity index (χ1v) is 12.4. The SMILES string of the molecule is O=C(Nc1cc(Cl)ccc1Oc1ccccc1)C1CCN(Cc2nc(-c3ccccc3Cl)no2)CC1. The summed E-state index contributed by atoms with van der Waals surface area (Å²) >= 11 is 12.4. The van der Waals surface area contributed by atoms with E-state index in [4.69, 9.17) is 32.5 Å². The van der Waals surface area contributed by atoms with Crippen molar-refractivity contribution in [2.45, 2.75) is 19.4 Å². The molecular formula is C27H24Cl2N4O3. The highest BCUT2D eigenvalue weighted by Crippen LogP contribution is 2.33.